The van der Waals surface area contributed by atoms with Gasteiger partial charge in [0.05, 0.1) is 19.3 Å². The zero-order valence-corrected chi connectivity index (χ0v) is 14.1. The fourth-order valence-electron chi connectivity index (χ4n) is 1.86. The number of rotatable bonds is 5. The average Bonchev–Trinajstić information content (AvgIpc) is 2.47. The standard InChI is InChI=1S/C16H17IN2O2/c1-11-3-8-15(21-2)14(9-11)19-16(20)10-18-13-6-4-12(17)5-7-13/h3-9,18H,10H2,1-2H3,(H,19,20). The van der Waals surface area contributed by atoms with Crippen LogP contribution in [0.1, 0.15) is 5.56 Å². The van der Waals surface area contributed by atoms with Crippen LogP contribution >= 0.6 is 22.6 Å². The van der Waals surface area contributed by atoms with Crippen LogP contribution in [0.25, 0.3) is 0 Å². The minimum Gasteiger partial charge on any atom is -0.495 e. The molecular formula is C16H17IN2O2. The van der Waals surface area contributed by atoms with Gasteiger partial charge in [0, 0.05) is 9.26 Å². The number of benzene rings is 2. The van der Waals surface area contributed by atoms with E-state index in [4.69, 9.17) is 4.74 Å². The molecule has 0 saturated carbocycles. The van der Waals surface area contributed by atoms with Crippen molar-refractivity contribution in [2.45, 2.75) is 6.92 Å². The predicted molar refractivity (Wildman–Crippen MR) is 94.0 cm³/mol. The summed E-state index contributed by atoms with van der Waals surface area (Å²) in [5.41, 5.74) is 2.67. The molecule has 2 N–H and O–H groups in total. The zero-order chi connectivity index (χ0) is 15.2. The number of nitrogens with one attached hydrogen (secondary N) is 2. The molecule has 110 valence electrons. The van der Waals surface area contributed by atoms with Crippen LogP contribution in [0.3, 0.4) is 0 Å². The molecule has 2 rings (SSSR count). The van der Waals surface area contributed by atoms with Crippen LogP contribution in [0, 0.1) is 10.5 Å². The molecule has 0 aliphatic rings. The highest BCUT2D eigenvalue weighted by Gasteiger charge is 2.07. The molecule has 5 heteroatoms. The molecule has 0 atom stereocenters. The molecule has 1 amide bonds. The van der Waals surface area contributed by atoms with E-state index in [-0.39, 0.29) is 12.5 Å². The molecule has 0 aliphatic carbocycles. The number of anilines is 2. The van der Waals surface area contributed by atoms with Gasteiger partial charge < -0.3 is 15.4 Å². The maximum atomic E-state index is 12.0. The molecule has 0 bridgehead atoms. The predicted octanol–water partition coefficient (Wildman–Crippen LogP) is 3.66. The number of carbonyl (C=O) groups excluding carboxylic acids is 1. The summed E-state index contributed by atoms with van der Waals surface area (Å²) < 4.78 is 6.40. The van der Waals surface area contributed by atoms with E-state index in [1.807, 2.05) is 49.4 Å². The Labute approximate surface area is 138 Å². The van der Waals surface area contributed by atoms with Crippen LogP contribution in [0.15, 0.2) is 42.5 Å². The third-order valence-electron chi connectivity index (χ3n) is 2.93. The van der Waals surface area contributed by atoms with Gasteiger partial charge >= 0.3 is 0 Å². The van der Waals surface area contributed by atoms with Crippen molar-refractivity contribution in [1.29, 1.82) is 0 Å². The summed E-state index contributed by atoms with van der Waals surface area (Å²) in [4.78, 5) is 12.0. The number of methoxy groups -OCH3 is 1. The SMILES string of the molecule is COc1ccc(C)cc1NC(=O)CNc1ccc(I)cc1. The Balaban J connectivity index is 1.95. The Hall–Kier alpha value is -1.76. The van der Waals surface area contributed by atoms with E-state index in [1.165, 1.54) is 0 Å². The Morgan fingerprint density at radius 3 is 2.57 bits per heavy atom. The van der Waals surface area contributed by atoms with E-state index in [0.29, 0.717) is 11.4 Å². The van der Waals surface area contributed by atoms with Crippen LogP contribution in [0.4, 0.5) is 11.4 Å². The van der Waals surface area contributed by atoms with E-state index in [2.05, 4.69) is 33.2 Å². The lowest BCUT2D eigenvalue weighted by Crippen LogP contribution is -2.22. The largest absolute Gasteiger partial charge is 0.495 e. The van der Waals surface area contributed by atoms with E-state index < -0.39 is 0 Å². The smallest absolute Gasteiger partial charge is 0.243 e. The molecule has 0 saturated heterocycles. The quantitative estimate of drug-likeness (QED) is 0.759. The molecule has 2 aromatic rings. The van der Waals surface area contributed by atoms with Gasteiger partial charge in [-0.2, -0.15) is 0 Å². The number of amides is 1. The molecular weight excluding hydrogens is 379 g/mol. The molecule has 21 heavy (non-hydrogen) atoms. The van der Waals surface area contributed by atoms with Crippen molar-refractivity contribution in [3.8, 4) is 5.75 Å². The highest BCUT2D eigenvalue weighted by atomic mass is 127. The minimum atomic E-state index is -0.113. The van der Waals surface area contributed by atoms with Gasteiger partial charge in [0.2, 0.25) is 5.91 Å². The first-order valence-electron chi connectivity index (χ1n) is 6.52. The lowest BCUT2D eigenvalue weighted by molar-refractivity contribution is -0.114. The summed E-state index contributed by atoms with van der Waals surface area (Å²) in [6, 6.07) is 13.6. The van der Waals surface area contributed by atoms with Crippen molar-refractivity contribution in [2.24, 2.45) is 0 Å². The molecule has 0 fully saturated rings. The van der Waals surface area contributed by atoms with Crippen molar-refractivity contribution >= 4 is 39.9 Å². The van der Waals surface area contributed by atoms with Gasteiger partial charge in [0.1, 0.15) is 5.75 Å². The second kappa shape index (κ2) is 7.31. The first-order valence-corrected chi connectivity index (χ1v) is 7.60. The summed E-state index contributed by atoms with van der Waals surface area (Å²) >= 11 is 2.24. The van der Waals surface area contributed by atoms with Crippen LogP contribution in [0.5, 0.6) is 5.75 Å². The Bertz CT molecular complexity index is 627. The van der Waals surface area contributed by atoms with Gasteiger partial charge in [-0.1, -0.05) is 6.07 Å². The monoisotopic (exact) mass is 396 g/mol. The lowest BCUT2D eigenvalue weighted by atomic mass is 10.2. The molecule has 0 spiro atoms. The summed E-state index contributed by atoms with van der Waals surface area (Å²) in [6.45, 7) is 2.18. The van der Waals surface area contributed by atoms with Gasteiger partial charge in [0.15, 0.2) is 0 Å². The highest BCUT2D eigenvalue weighted by molar-refractivity contribution is 14.1. The van der Waals surface area contributed by atoms with E-state index in [1.54, 1.807) is 7.11 Å². The normalized spacial score (nSPS) is 10.0. The second-order valence-electron chi connectivity index (χ2n) is 4.61. The summed E-state index contributed by atoms with van der Waals surface area (Å²) in [5, 5.41) is 5.94. The fourth-order valence-corrected chi connectivity index (χ4v) is 2.22. The zero-order valence-electron chi connectivity index (χ0n) is 11.9. The molecule has 4 nitrogen and oxygen atoms in total. The van der Waals surface area contributed by atoms with Crippen LogP contribution < -0.4 is 15.4 Å². The topological polar surface area (TPSA) is 50.4 Å². The highest BCUT2D eigenvalue weighted by Crippen LogP contribution is 2.25. The number of hydrogen-bond acceptors (Lipinski definition) is 3. The van der Waals surface area contributed by atoms with Crippen LogP contribution in [-0.4, -0.2) is 19.6 Å². The number of ether oxygens (including phenoxy) is 1. The average molecular weight is 396 g/mol. The van der Waals surface area contributed by atoms with E-state index >= 15 is 0 Å². The summed E-state index contributed by atoms with van der Waals surface area (Å²) in [5.74, 6) is 0.542. The first kappa shape index (κ1) is 15.6. The Kier molecular flexibility index (Phi) is 5.44. The molecule has 2 aromatic carbocycles. The molecule has 0 unspecified atom stereocenters. The van der Waals surface area contributed by atoms with Crippen molar-refractivity contribution in [2.75, 3.05) is 24.3 Å². The molecule has 0 heterocycles. The molecule has 0 radical (unpaired) electrons. The lowest BCUT2D eigenvalue weighted by Gasteiger charge is -2.12. The minimum absolute atomic E-state index is 0.113. The van der Waals surface area contributed by atoms with E-state index in [0.717, 1.165) is 14.8 Å². The maximum absolute atomic E-state index is 12.0. The number of hydrogen-bond donors (Lipinski definition) is 2. The van der Waals surface area contributed by atoms with E-state index in [9.17, 15) is 4.79 Å². The number of aryl methyl sites for hydroxylation is 1. The van der Waals surface area contributed by atoms with Gasteiger partial charge in [-0.15, -0.1) is 0 Å². The summed E-state index contributed by atoms with van der Waals surface area (Å²) in [6.07, 6.45) is 0. The third kappa shape index (κ3) is 4.63. The first-order chi connectivity index (χ1) is 10.1. The Morgan fingerprint density at radius 1 is 1.19 bits per heavy atom. The number of carbonyl (C=O) groups is 1. The van der Waals surface area contributed by atoms with Gasteiger partial charge in [-0.05, 0) is 71.5 Å². The van der Waals surface area contributed by atoms with Crippen molar-refractivity contribution in [3.05, 3.63) is 51.6 Å². The van der Waals surface area contributed by atoms with Gasteiger partial charge in [-0.25, -0.2) is 0 Å². The van der Waals surface area contributed by atoms with Gasteiger partial charge in [-0.3, -0.25) is 4.79 Å². The fraction of sp³-hybridized carbons (Fsp3) is 0.188. The molecule has 0 aromatic heterocycles. The maximum Gasteiger partial charge on any atom is 0.243 e. The van der Waals surface area contributed by atoms with Crippen molar-refractivity contribution < 1.29 is 9.53 Å². The summed E-state index contributed by atoms with van der Waals surface area (Å²) in [7, 11) is 1.59. The molecule has 0 aliphatic heterocycles. The van der Waals surface area contributed by atoms with Crippen LogP contribution in [0.2, 0.25) is 0 Å². The van der Waals surface area contributed by atoms with Gasteiger partial charge in [0.25, 0.3) is 0 Å². The van der Waals surface area contributed by atoms with Crippen molar-refractivity contribution in [3.63, 3.8) is 0 Å². The van der Waals surface area contributed by atoms with Crippen molar-refractivity contribution in [1.82, 2.24) is 0 Å². The number of halogens is 1. The Morgan fingerprint density at radius 2 is 1.90 bits per heavy atom. The second-order valence-corrected chi connectivity index (χ2v) is 5.86. The van der Waals surface area contributed by atoms with Crippen LogP contribution in [-0.2, 0) is 4.79 Å². The third-order valence-corrected chi connectivity index (χ3v) is 3.65.